The number of rotatable bonds is 8. The fourth-order valence-corrected chi connectivity index (χ4v) is 4.14. The molecule has 2 rings (SSSR count). The molecule has 0 bridgehead atoms. The highest BCUT2D eigenvalue weighted by Crippen LogP contribution is 2.25. The number of sulfonamides is 1. The predicted octanol–water partition coefficient (Wildman–Crippen LogP) is 3.12. The summed E-state index contributed by atoms with van der Waals surface area (Å²) in [5, 5.41) is 2.92. The number of hydrogen-bond acceptors (Lipinski definition) is 4. The van der Waals surface area contributed by atoms with Gasteiger partial charge in [0.1, 0.15) is 11.8 Å². The summed E-state index contributed by atoms with van der Waals surface area (Å²) in [6, 6.07) is 15.1. The van der Waals surface area contributed by atoms with Crippen LogP contribution < -0.4 is 14.4 Å². The van der Waals surface area contributed by atoms with E-state index in [0.717, 1.165) is 11.8 Å². The van der Waals surface area contributed by atoms with Gasteiger partial charge in [0.25, 0.3) is 0 Å². The van der Waals surface area contributed by atoms with Crippen molar-refractivity contribution >= 4 is 21.6 Å². The first-order valence-electron chi connectivity index (χ1n) is 8.76. The minimum atomic E-state index is -3.66. The second-order valence-corrected chi connectivity index (χ2v) is 8.18. The lowest BCUT2D eigenvalue weighted by Gasteiger charge is -2.31. The Kier molecular flexibility index (Phi) is 6.85. The van der Waals surface area contributed by atoms with Crippen LogP contribution in [-0.2, 0) is 14.8 Å². The predicted molar refractivity (Wildman–Crippen MR) is 107 cm³/mol. The van der Waals surface area contributed by atoms with Crippen molar-refractivity contribution in [3.8, 4) is 5.75 Å². The van der Waals surface area contributed by atoms with Gasteiger partial charge < -0.3 is 10.1 Å². The number of nitrogens with one attached hydrogen (secondary N) is 1. The third-order valence-electron chi connectivity index (χ3n) is 4.31. The van der Waals surface area contributed by atoms with Crippen LogP contribution in [0.4, 0.5) is 5.69 Å². The molecule has 2 aromatic rings. The molecule has 2 unspecified atom stereocenters. The molecule has 0 aromatic heterocycles. The van der Waals surface area contributed by atoms with Crippen LogP contribution in [0, 0.1) is 0 Å². The summed E-state index contributed by atoms with van der Waals surface area (Å²) in [7, 11) is -2.12. The average Bonchev–Trinajstić information content (AvgIpc) is 2.65. The van der Waals surface area contributed by atoms with Crippen molar-refractivity contribution in [1.29, 1.82) is 0 Å². The average molecular weight is 391 g/mol. The van der Waals surface area contributed by atoms with Gasteiger partial charge in [-0.2, -0.15) is 0 Å². The first-order valence-corrected chi connectivity index (χ1v) is 10.6. The van der Waals surface area contributed by atoms with Crippen molar-refractivity contribution < 1.29 is 17.9 Å². The first kappa shape index (κ1) is 20.8. The Morgan fingerprint density at radius 1 is 1.11 bits per heavy atom. The Morgan fingerprint density at radius 3 is 2.19 bits per heavy atom. The van der Waals surface area contributed by atoms with Gasteiger partial charge in [0.15, 0.2) is 0 Å². The molecule has 1 N–H and O–H groups in total. The highest BCUT2D eigenvalue weighted by atomic mass is 32.2. The van der Waals surface area contributed by atoms with Crippen LogP contribution in [0.1, 0.15) is 31.9 Å². The molecule has 0 saturated heterocycles. The van der Waals surface area contributed by atoms with Crippen LogP contribution in [0.2, 0.25) is 0 Å². The smallest absolute Gasteiger partial charge is 0.244 e. The molecule has 0 saturated carbocycles. The molecule has 0 aliphatic rings. The molecule has 0 aliphatic carbocycles. The fourth-order valence-electron chi connectivity index (χ4n) is 2.92. The molecule has 0 fully saturated rings. The molecule has 2 atom stereocenters. The second kappa shape index (κ2) is 8.90. The highest BCUT2D eigenvalue weighted by Gasteiger charge is 2.32. The van der Waals surface area contributed by atoms with Crippen LogP contribution in [0.3, 0.4) is 0 Å². The quantitative estimate of drug-likeness (QED) is 0.751. The number of carbonyl (C=O) groups is 1. The van der Waals surface area contributed by atoms with Crippen molar-refractivity contribution in [3.63, 3.8) is 0 Å². The number of benzene rings is 2. The van der Waals surface area contributed by atoms with E-state index >= 15 is 0 Å². The molecular weight excluding hydrogens is 364 g/mol. The van der Waals surface area contributed by atoms with Crippen molar-refractivity contribution in [3.05, 3.63) is 60.2 Å². The molecule has 0 spiro atoms. The monoisotopic (exact) mass is 390 g/mol. The maximum absolute atomic E-state index is 12.9. The fraction of sp³-hybridized carbons (Fsp3) is 0.350. The molecule has 2 aromatic carbocycles. The molecular formula is C20H26N2O4S. The van der Waals surface area contributed by atoms with Gasteiger partial charge in [-0.25, -0.2) is 8.42 Å². The van der Waals surface area contributed by atoms with Crippen molar-refractivity contribution in [2.75, 3.05) is 17.7 Å². The normalized spacial score (nSPS) is 13.5. The molecule has 146 valence electrons. The van der Waals surface area contributed by atoms with Gasteiger partial charge in [-0.05, 0) is 43.2 Å². The van der Waals surface area contributed by atoms with E-state index in [9.17, 15) is 13.2 Å². The lowest BCUT2D eigenvalue weighted by Crippen LogP contribution is -2.49. The second-order valence-electron chi connectivity index (χ2n) is 6.32. The highest BCUT2D eigenvalue weighted by molar-refractivity contribution is 7.92. The van der Waals surface area contributed by atoms with E-state index in [2.05, 4.69) is 5.32 Å². The van der Waals surface area contributed by atoms with Gasteiger partial charge in [-0.1, -0.05) is 37.3 Å². The Morgan fingerprint density at radius 2 is 1.70 bits per heavy atom. The van der Waals surface area contributed by atoms with Gasteiger partial charge in [-0.15, -0.1) is 0 Å². The Balaban J connectivity index is 2.30. The van der Waals surface area contributed by atoms with Crippen molar-refractivity contribution in [2.24, 2.45) is 0 Å². The van der Waals surface area contributed by atoms with Gasteiger partial charge in [0, 0.05) is 0 Å². The maximum atomic E-state index is 12.9. The summed E-state index contributed by atoms with van der Waals surface area (Å²) >= 11 is 0. The summed E-state index contributed by atoms with van der Waals surface area (Å²) < 4.78 is 31.2. The topological polar surface area (TPSA) is 75.7 Å². The lowest BCUT2D eigenvalue weighted by molar-refractivity contribution is -0.122. The van der Waals surface area contributed by atoms with E-state index in [0.29, 0.717) is 17.9 Å². The van der Waals surface area contributed by atoms with Crippen LogP contribution in [0.25, 0.3) is 0 Å². The summed E-state index contributed by atoms with van der Waals surface area (Å²) in [4.78, 5) is 12.9. The SMILES string of the molecule is CCC(C(=O)NC(C)c1ccccc1)N(c1ccc(OC)cc1)S(C)(=O)=O. The largest absolute Gasteiger partial charge is 0.497 e. The molecule has 0 aliphatic heterocycles. The van der Waals surface area contributed by atoms with Crippen LogP contribution >= 0.6 is 0 Å². The van der Waals surface area contributed by atoms with E-state index in [4.69, 9.17) is 4.74 Å². The number of methoxy groups -OCH3 is 1. The molecule has 6 nitrogen and oxygen atoms in total. The van der Waals surface area contributed by atoms with Crippen molar-refractivity contribution in [2.45, 2.75) is 32.4 Å². The van der Waals surface area contributed by atoms with E-state index in [1.165, 1.54) is 11.4 Å². The third kappa shape index (κ3) is 5.23. The number of anilines is 1. The van der Waals surface area contributed by atoms with Crippen LogP contribution in [0.5, 0.6) is 5.75 Å². The number of nitrogens with zero attached hydrogens (tertiary/aromatic N) is 1. The van der Waals surface area contributed by atoms with Crippen molar-refractivity contribution in [1.82, 2.24) is 5.32 Å². The van der Waals surface area contributed by atoms with Gasteiger partial charge in [-0.3, -0.25) is 9.10 Å². The maximum Gasteiger partial charge on any atom is 0.244 e. The number of carbonyl (C=O) groups excluding carboxylic acids is 1. The molecule has 0 radical (unpaired) electrons. The summed E-state index contributed by atoms with van der Waals surface area (Å²) in [5.74, 6) is 0.275. The summed E-state index contributed by atoms with van der Waals surface area (Å²) in [6.07, 6.45) is 1.44. The van der Waals surface area contributed by atoms with E-state index < -0.39 is 16.1 Å². The number of hydrogen-bond donors (Lipinski definition) is 1. The van der Waals surface area contributed by atoms with Crippen LogP contribution in [-0.4, -0.2) is 33.7 Å². The molecule has 1 amide bonds. The van der Waals surface area contributed by atoms with Gasteiger partial charge in [0.2, 0.25) is 15.9 Å². The zero-order chi connectivity index (χ0) is 20.0. The summed E-state index contributed by atoms with van der Waals surface area (Å²) in [5.41, 5.74) is 1.38. The van der Waals surface area contributed by atoms with Gasteiger partial charge in [0.05, 0.1) is 25.1 Å². The standard InChI is InChI=1S/C20H26N2O4S/c1-5-19(20(23)21-15(2)16-9-7-6-8-10-16)22(27(4,24)25)17-11-13-18(26-3)14-12-17/h6-15,19H,5H2,1-4H3,(H,21,23). The Labute approximate surface area is 161 Å². The minimum Gasteiger partial charge on any atom is -0.497 e. The molecule has 0 heterocycles. The third-order valence-corrected chi connectivity index (χ3v) is 5.49. The molecule has 27 heavy (non-hydrogen) atoms. The van der Waals surface area contributed by atoms with Crippen LogP contribution in [0.15, 0.2) is 54.6 Å². The van der Waals surface area contributed by atoms with Gasteiger partial charge >= 0.3 is 0 Å². The Hall–Kier alpha value is -2.54. The minimum absolute atomic E-state index is 0.231. The number of amides is 1. The molecule has 7 heteroatoms. The van der Waals surface area contributed by atoms with E-state index in [1.54, 1.807) is 31.2 Å². The number of ether oxygens (including phenoxy) is 1. The lowest BCUT2D eigenvalue weighted by atomic mass is 10.1. The van der Waals surface area contributed by atoms with E-state index in [1.807, 2.05) is 37.3 Å². The zero-order valence-electron chi connectivity index (χ0n) is 16.0. The summed E-state index contributed by atoms with van der Waals surface area (Å²) in [6.45, 7) is 3.66. The first-order chi connectivity index (χ1) is 12.8. The zero-order valence-corrected chi connectivity index (χ0v) is 16.9. The van der Waals surface area contributed by atoms with E-state index in [-0.39, 0.29) is 11.9 Å². The Bertz CT molecular complexity index is 851.